The molecule has 8 atom stereocenters. The van der Waals surface area contributed by atoms with E-state index in [1.807, 2.05) is 24.3 Å². The first-order valence-electron chi connectivity index (χ1n) is 19.0. The number of aromatic nitrogens is 2. The van der Waals surface area contributed by atoms with Gasteiger partial charge in [0.1, 0.15) is 24.4 Å². The second kappa shape index (κ2) is 14.9. The summed E-state index contributed by atoms with van der Waals surface area (Å²) in [5.41, 5.74) is 2.57. The molecule has 3 aromatic carbocycles. The zero-order chi connectivity index (χ0) is 40.7. The molecule has 5 aromatic rings. The van der Waals surface area contributed by atoms with Crippen molar-refractivity contribution in [3.05, 3.63) is 58.6 Å². The van der Waals surface area contributed by atoms with E-state index in [2.05, 4.69) is 24.6 Å². The summed E-state index contributed by atoms with van der Waals surface area (Å²) < 4.78 is 31.5. The van der Waals surface area contributed by atoms with Crippen molar-refractivity contribution in [2.45, 2.75) is 81.2 Å². The third-order valence-corrected chi connectivity index (χ3v) is 13.5. The molecular weight excluding hydrogens is 776 g/mol. The number of carbonyl (C=O) groups excluding carboxylic acids is 3. The molecule has 57 heavy (non-hydrogen) atoms. The van der Waals surface area contributed by atoms with Gasteiger partial charge in [-0.1, -0.05) is 61.6 Å². The first kappa shape index (κ1) is 39.7. The summed E-state index contributed by atoms with van der Waals surface area (Å²) in [6, 6.07) is 12.8. The number of ether oxygens (including phenoxy) is 5. The molecule has 0 bridgehead atoms. The zero-order valence-corrected chi connectivity index (χ0v) is 34.3. The minimum Gasteiger partial charge on any atom is -0.450 e. The van der Waals surface area contributed by atoms with Crippen LogP contribution in [0.3, 0.4) is 0 Å². The van der Waals surface area contributed by atoms with Crippen LogP contribution in [-0.4, -0.2) is 145 Å². The molecule has 0 aliphatic carbocycles. The molecule has 304 valence electrons. The number of halogens is 1. The Morgan fingerprint density at radius 2 is 1.70 bits per heavy atom. The normalized spacial score (nSPS) is 26.9. The van der Waals surface area contributed by atoms with Crippen molar-refractivity contribution in [1.29, 1.82) is 0 Å². The SMILES string of the molecule is CO[C@H]1[C@H](O)[C@@H](O)[C@H](n2c3c(Cl)cccc3c3c4c(c5c6ccccc6[nH]c5c32)C(=O)N(C)C4=O)O[C@@H]1CO[C@H]1C[C@H](O)[C@@H](N(C)C(=O)OCC[Si](C)(C)C)CO1. The largest absolute Gasteiger partial charge is 0.450 e. The number of rotatable bonds is 9. The monoisotopic (exact) mass is 822 g/mol. The van der Waals surface area contributed by atoms with Crippen LogP contribution in [0.5, 0.6) is 0 Å². The lowest BCUT2D eigenvalue weighted by Crippen LogP contribution is -2.58. The Balaban J connectivity index is 1.13. The lowest BCUT2D eigenvalue weighted by molar-refractivity contribution is -0.276. The number of benzene rings is 3. The fourth-order valence-electron chi connectivity index (χ4n) is 8.43. The van der Waals surface area contributed by atoms with Crippen LogP contribution in [0.15, 0.2) is 42.5 Å². The third kappa shape index (κ3) is 6.60. The first-order valence-corrected chi connectivity index (χ1v) is 23.1. The van der Waals surface area contributed by atoms with E-state index >= 15 is 0 Å². The highest BCUT2D eigenvalue weighted by Crippen LogP contribution is 2.48. The van der Waals surface area contributed by atoms with Gasteiger partial charge in [0.05, 0.1) is 64.7 Å². The summed E-state index contributed by atoms with van der Waals surface area (Å²) in [6.45, 7) is 6.68. The van der Waals surface area contributed by atoms with Gasteiger partial charge in [0.25, 0.3) is 11.8 Å². The first-order chi connectivity index (χ1) is 27.1. The van der Waals surface area contributed by atoms with Crippen LogP contribution in [-0.2, 0) is 23.7 Å². The summed E-state index contributed by atoms with van der Waals surface area (Å²) >= 11 is 6.96. The van der Waals surface area contributed by atoms with E-state index in [1.54, 1.807) is 29.8 Å². The topological polar surface area (TPSA) is 185 Å². The summed E-state index contributed by atoms with van der Waals surface area (Å²) in [4.78, 5) is 46.4. The molecule has 0 saturated carbocycles. The Morgan fingerprint density at radius 3 is 2.40 bits per heavy atom. The molecule has 8 rings (SSSR count). The highest BCUT2D eigenvalue weighted by Gasteiger charge is 2.48. The lowest BCUT2D eigenvalue weighted by atomic mass is 9.96. The molecule has 2 fully saturated rings. The summed E-state index contributed by atoms with van der Waals surface area (Å²) in [5, 5.41) is 37.1. The number of hydrogen-bond acceptors (Lipinski definition) is 11. The number of methoxy groups -OCH3 is 1. The number of likely N-dealkylation sites (N-methyl/N-ethyl adjacent to an activating group) is 1. The molecule has 3 aliphatic rings. The number of amides is 3. The molecule has 17 heteroatoms. The van der Waals surface area contributed by atoms with Gasteiger partial charge in [-0.3, -0.25) is 14.5 Å². The van der Waals surface area contributed by atoms with E-state index < -0.39 is 75.1 Å². The Kier molecular flexibility index (Phi) is 10.4. The molecule has 5 heterocycles. The van der Waals surface area contributed by atoms with Crippen LogP contribution >= 0.6 is 11.6 Å². The Hall–Kier alpha value is -4.10. The number of aromatic amines is 1. The number of nitrogens with zero attached hydrogens (tertiary/aromatic N) is 3. The van der Waals surface area contributed by atoms with Crippen LogP contribution in [0.1, 0.15) is 33.4 Å². The van der Waals surface area contributed by atoms with Crippen LogP contribution in [0.4, 0.5) is 4.79 Å². The maximum atomic E-state index is 14.0. The van der Waals surface area contributed by atoms with Crippen molar-refractivity contribution in [1.82, 2.24) is 19.4 Å². The third-order valence-electron chi connectivity index (χ3n) is 11.5. The number of H-pyrrole nitrogens is 1. The lowest BCUT2D eigenvalue weighted by Gasteiger charge is -2.43. The van der Waals surface area contributed by atoms with Crippen LogP contribution < -0.4 is 0 Å². The summed E-state index contributed by atoms with van der Waals surface area (Å²) in [5.74, 6) is -0.923. The van der Waals surface area contributed by atoms with Gasteiger partial charge in [0, 0.05) is 62.8 Å². The van der Waals surface area contributed by atoms with E-state index in [4.69, 9.17) is 35.3 Å². The van der Waals surface area contributed by atoms with E-state index in [0.717, 1.165) is 21.8 Å². The molecule has 3 amide bonds. The van der Waals surface area contributed by atoms with Crippen molar-refractivity contribution < 1.29 is 53.4 Å². The van der Waals surface area contributed by atoms with Crippen molar-refractivity contribution in [2.24, 2.45) is 0 Å². The van der Waals surface area contributed by atoms with Crippen LogP contribution in [0.25, 0.3) is 43.6 Å². The van der Waals surface area contributed by atoms with E-state index in [-0.39, 0.29) is 35.8 Å². The number of nitrogens with one attached hydrogen (secondary N) is 1. The van der Waals surface area contributed by atoms with Gasteiger partial charge in [0.15, 0.2) is 12.5 Å². The molecule has 15 nitrogen and oxygen atoms in total. The fraction of sp³-hybridized carbons (Fsp3) is 0.475. The van der Waals surface area contributed by atoms with Gasteiger partial charge in [-0.25, -0.2) is 4.79 Å². The highest BCUT2D eigenvalue weighted by molar-refractivity contribution is 6.76. The fourth-order valence-corrected chi connectivity index (χ4v) is 9.41. The Morgan fingerprint density at radius 1 is 1.00 bits per heavy atom. The smallest absolute Gasteiger partial charge is 0.409 e. The van der Waals surface area contributed by atoms with Gasteiger partial charge in [0.2, 0.25) is 0 Å². The molecule has 4 N–H and O–H groups in total. The summed E-state index contributed by atoms with van der Waals surface area (Å²) in [7, 11) is 2.99. The predicted octanol–water partition coefficient (Wildman–Crippen LogP) is 4.84. The second-order valence-corrected chi connectivity index (χ2v) is 22.3. The zero-order valence-electron chi connectivity index (χ0n) is 32.5. The van der Waals surface area contributed by atoms with Crippen molar-refractivity contribution in [3.8, 4) is 0 Å². The number of aliphatic hydroxyl groups is 3. The molecule has 0 unspecified atom stereocenters. The van der Waals surface area contributed by atoms with Crippen molar-refractivity contribution in [2.75, 3.05) is 41.0 Å². The van der Waals surface area contributed by atoms with Crippen LogP contribution in [0, 0.1) is 0 Å². The number of carbonyl (C=O) groups is 3. The number of para-hydroxylation sites is 2. The van der Waals surface area contributed by atoms with E-state index in [9.17, 15) is 29.7 Å². The Labute approximate surface area is 333 Å². The quantitative estimate of drug-likeness (QED) is 0.118. The summed E-state index contributed by atoms with van der Waals surface area (Å²) in [6.07, 6.45) is -8.79. The minimum atomic E-state index is -1.57. The molecule has 2 saturated heterocycles. The number of fused-ring (bicyclic) bond motifs is 10. The number of hydrogen-bond donors (Lipinski definition) is 4. The van der Waals surface area contributed by atoms with Crippen LogP contribution in [0.2, 0.25) is 30.7 Å². The number of aliphatic hydroxyl groups excluding tert-OH is 3. The maximum Gasteiger partial charge on any atom is 0.409 e. The molecule has 0 radical (unpaired) electrons. The molecular formula is C40H47ClN4O11Si. The van der Waals surface area contributed by atoms with Gasteiger partial charge in [-0.05, 0) is 18.2 Å². The standard InChI is InChI=1S/C40H47ClN4O11Si/c1-43(40(51)53-14-15-57(4,5)6)23-17-54-26(16-24(23)46)55-18-25-36(52-3)34(47)35(48)39(56-25)45-32-20(11-9-12-21(32)41)28-30-29(37(49)44(2)38(30)50)27-19-10-7-8-13-22(19)42-31(27)33(28)45/h7-13,23-26,34-36,39,42,46-48H,14-18H2,1-6H3/t23-,24-,25+,26-,34+,35+,36+,39+/m0/s1. The molecule has 2 aromatic heterocycles. The number of imide groups is 1. The van der Waals surface area contributed by atoms with E-state index in [1.165, 1.54) is 19.1 Å². The maximum absolute atomic E-state index is 14.0. The van der Waals surface area contributed by atoms with Gasteiger partial charge >= 0.3 is 6.09 Å². The second-order valence-electron chi connectivity index (χ2n) is 16.3. The van der Waals surface area contributed by atoms with E-state index in [0.29, 0.717) is 39.3 Å². The van der Waals surface area contributed by atoms with Gasteiger partial charge in [-0.2, -0.15) is 0 Å². The predicted molar refractivity (Wildman–Crippen MR) is 214 cm³/mol. The average molecular weight is 823 g/mol. The van der Waals surface area contributed by atoms with Crippen molar-refractivity contribution in [3.63, 3.8) is 0 Å². The average Bonchev–Trinajstić information content (AvgIpc) is 3.79. The molecule has 3 aliphatic heterocycles. The highest BCUT2D eigenvalue weighted by atomic mass is 35.5. The Bertz CT molecular complexity index is 2410. The van der Waals surface area contributed by atoms with Crippen molar-refractivity contribution >= 4 is 81.2 Å². The van der Waals surface area contributed by atoms with Gasteiger partial charge in [-0.15, -0.1) is 0 Å². The molecule has 0 spiro atoms. The minimum absolute atomic E-state index is 0.0181. The van der Waals surface area contributed by atoms with Gasteiger partial charge < -0.3 is 53.5 Å².